The molecule has 0 amide bonds. The van der Waals surface area contributed by atoms with Gasteiger partial charge in [0.05, 0.1) is 6.67 Å². The Balaban J connectivity index is 1.71. The smallest absolute Gasteiger partial charge is 0.119 e. The van der Waals surface area contributed by atoms with Gasteiger partial charge in [-0.1, -0.05) is 26.0 Å². The maximum atomic E-state index is 12.5. The molecule has 0 aliphatic carbocycles. The quantitative estimate of drug-likeness (QED) is 0.781. The lowest BCUT2D eigenvalue weighted by molar-refractivity contribution is 0.228. The Morgan fingerprint density at radius 3 is 2.63 bits per heavy atom. The van der Waals surface area contributed by atoms with Crippen LogP contribution in [-0.2, 0) is 0 Å². The molecule has 1 aromatic carbocycles. The molecule has 0 bridgehead atoms. The average Bonchev–Trinajstić information content (AvgIpc) is 2.87. The number of benzene rings is 1. The third-order valence-corrected chi connectivity index (χ3v) is 3.81. The predicted octanol–water partition coefficient (Wildman–Crippen LogP) is 3.48. The van der Waals surface area contributed by atoms with Crippen molar-refractivity contribution in [3.63, 3.8) is 0 Å². The molecule has 106 valence electrons. The molecule has 0 aromatic heterocycles. The minimum Gasteiger partial charge on any atom is -0.492 e. The number of nitrogens with zero attached hydrogens (tertiary/aromatic N) is 1. The number of hydrogen-bond acceptors (Lipinski definition) is 2. The number of hydrogen-bond donors (Lipinski definition) is 0. The van der Waals surface area contributed by atoms with E-state index in [0.717, 1.165) is 31.8 Å². The molecule has 1 fully saturated rings. The molecule has 1 atom stereocenters. The molecule has 1 aromatic rings. The number of halogens is 1. The van der Waals surface area contributed by atoms with Crippen LogP contribution in [0.5, 0.6) is 5.75 Å². The molecule has 0 radical (unpaired) electrons. The second kappa shape index (κ2) is 6.90. The van der Waals surface area contributed by atoms with Gasteiger partial charge < -0.3 is 4.74 Å². The van der Waals surface area contributed by atoms with Crippen molar-refractivity contribution in [3.05, 3.63) is 29.8 Å². The zero-order valence-corrected chi connectivity index (χ0v) is 11.9. The van der Waals surface area contributed by atoms with E-state index in [9.17, 15) is 4.39 Å². The number of likely N-dealkylation sites (tertiary alicyclic amines) is 1. The summed E-state index contributed by atoms with van der Waals surface area (Å²) < 4.78 is 18.2. The number of alkyl halides is 1. The molecule has 1 aliphatic heterocycles. The summed E-state index contributed by atoms with van der Waals surface area (Å²) in [5, 5.41) is 0. The number of ether oxygens (including phenoxy) is 1. The molecule has 1 heterocycles. The molecule has 2 nitrogen and oxygen atoms in total. The summed E-state index contributed by atoms with van der Waals surface area (Å²) >= 11 is 0. The average molecular weight is 265 g/mol. The van der Waals surface area contributed by atoms with Crippen molar-refractivity contribution >= 4 is 0 Å². The van der Waals surface area contributed by atoms with Crippen LogP contribution in [0.1, 0.15) is 31.7 Å². The first-order valence-electron chi connectivity index (χ1n) is 7.20. The van der Waals surface area contributed by atoms with Crippen LogP contribution in [0.3, 0.4) is 0 Å². The van der Waals surface area contributed by atoms with Crippen molar-refractivity contribution in [1.82, 2.24) is 4.90 Å². The van der Waals surface area contributed by atoms with E-state index < -0.39 is 0 Å². The van der Waals surface area contributed by atoms with Crippen LogP contribution < -0.4 is 4.74 Å². The summed E-state index contributed by atoms with van der Waals surface area (Å²) in [6.45, 7) is 7.64. The summed E-state index contributed by atoms with van der Waals surface area (Å²) in [6, 6.07) is 8.30. The molecule has 0 N–H and O–H groups in total. The van der Waals surface area contributed by atoms with Gasteiger partial charge in [-0.2, -0.15) is 0 Å². The van der Waals surface area contributed by atoms with Gasteiger partial charge in [-0.3, -0.25) is 9.29 Å². The van der Waals surface area contributed by atoms with Gasteiger partial charge >= 0.3 is 0 Å². The third-order valence-electron chi connectivity index (χ3n) is 3.81. The van der Waals surface area contributed by atoms with Crippen molar-refractivity contribution in [1.29, 1.82) is 0 Å². The zero-order chi connectivity index (χ0) is 13.7. The Hall–Kier alpha value is -1.09. The fraction of sp³-hybridized carbons (Fsp3) is 0.625. The largest absolute Gasteiger partial charge is 0.492 e. The first-order valence-corrected chi connectivity index (χ1v) is 7.20. The van der Waals surface area contributed by atoms with Crippen LogP contribution >= 0.6 is 0 Å². The minimum atomic E-state index is -0.186. The van der Waals surface area contributed by atoms with Crippen molar-refractivity contribution in [3.8, 4) is 5.75 Å². The van der Waals surface area contributed by atoms with Crippen LogP contribution in [0.15, 0.2) is 24.3 Å². The van der Waals surface area contributed by atoms with E-state index in [2.05, 4.69) is 30.9 Å². The minimum absolute atomic E-state index is 0.186. The van der Waals surface area contributed by atoms with Crippen LogP contribution in [0, 0.1) is 5.92 Å². The molecule has 2 rings (SSSR count). The van der Waals surface area contributed by atoms with Gasteiger partial charge in [0.2, 0.25) is 0 Å². The molecule has 0 unspecified atom stereocenters. The second-order valence-electron chi connectivity index (χ2n) is 5.68. The van der Waals surface area contributed by atoms with Gasteiger partial charge in [-0.15, -0.1) is 0 Å². The molecular formula is C16H24FNO. The molecule has 0 spiro atoms. The summed E-state index contributed by atoms with van der Waals surface area (Å²) in [4.78, 5) is 2.28. The fourth-order valence-corrected chi connectivity index (χ4v) is 2.48. The van der Waals surface area contributed by atoms with E-state index in [4.69, 9.17) is 4.74 Å². The fourth-order valence-electron chi connectivity index (χ4n) is 2.48. The SMILES string of the molecule is CC(C)c1ccc(OCCN2CC[C@H](CF)C2)cc1. The predicted molar refractivity (Wildman–Crippen MR) is 76.5 cm³/mol. The molecule has 0 saturated carbocycles. The maximum absolute atomic E-state index is 12.5. The van der Waals surface area contributed by atoms with E-state index in [0.29, 0.717) is 12.5 Å². The van der Waals surface area contributed by atoms with Gasteiger partial charge in [0, 0.05) is 19.0 Å². The maximum Gasteiger partial charge on any atom is 0.119 e. The van der Waals surface area contributed by atoms with E-state index in [-0.39, 0.29) is 12.6 Å². The molecular weight excluding hydrogens is 241 g/mol. The molecule has 3 heteroatoms. The highest BCUT2D eigenvalue weighted by Crippen LogP contribution is 2.19. The second-order valence-corrected chi connectivity index (χ2v) is 5.68. The number of rotatable bonds is 6. The van der Waals surface area contributed by atoms with Crippen molar-refractivity contribution in [2.45, 2.75) is 26.2 Å². The Morgan fingerprint density at radius 2 is 2.05 bits per heavy atom. The van der Waals surface area contributed by atoms with Crippen LogP contribution in [0.4, 0.5) is 4.39 Å². The highest BCUT2D eigenvalue weighted by atomic mass is 19.1. The van der Waals surface area contributed by atoms with Crippen molar-refractivity contribution in [2.75, 3.05) is 32.9 Å². The van der Waals surface area contributed by atoms with E-state index >= 15 is 0 Å². The highest BCUT2D eigenvalue weighted by Gasteiger charge is 2.21. The third kappa shape index (κ3) is 4.20. The Kier molecular flexibility index (Phi) is 5.20. The Labute approximate surface area is 115 Å². The first-order chi connectivity index (χ1) is 9.19. The van der Waals surface area contributed by atoms with E-state index in [1.165, 1.54) is 5.56 Å². The molecule has 1 aliphatic rings. The highest BCUT2D eigenvalue weighted by molar-refractivity contribution is 5.28. The summed E-state index contributed by atoms with van der Waals surface area (Å²) in [5.74, 6) is 1.72. The molecule has 19 heavy (non-hydrogen) atoms. The topological polar surface area (TPSA) is 12.5 Å². The van der Waals surface area contributed by atoms with Gasteiger partial charge in [0.25, 0.3) is 0 Å². The van der Waals surface area contributed by atoms with Crippen molar-refractivity contribution < 1.29 is 9.13 Å². The van der Waals surface area contributed by atoms with E-state index in [1.54, 1.807) is 0 Å². The Morgan fingerprint density at radius 1 is 1.32 bits per heavy atom. The zero-order valence-electron chi connectivity index (χ0n) is 11.9. The van der Waals surface area contributed by atoms with Crippen LogP contribution in [0.25, 0.3) is 0 Å². The lowest BCUT2D eigenvalue weighted by atomic mass is 10.0. The summed E-state index contributed by atoms with van der Waals surface area (Å²) in [6.07, 6.45) is 0.986. The standard InChI is InChI=1S/C16H24FNO/c1-13(2)15-3-5-16(6-4-15)19-10-9-18-8-7-14(11-17)12-18/h3-6,13-14H,7-12H2,1-2H3/t14-/m1/s1. The van der Waals surface area contributed by atoms with Gasteiger partial charge in [0.15, 0.2) is 0 Å². The summed E-state index contributed by atoms with van der Waals surface area (Å²) in [5.41, 5.74) is 1.33. The lowest BCUT2D eigenvalue weighted by Crippen LogP contribution is -2.26. The monoisotopic (exact) mass is 265 g/mol. The molecule has 1 saturated heterocycles. The normalized spacial score (nSPS) is 20.1. The Bertz CT molecular complexity index is 377. The van der Waals surface area contributed by atoms with E-state index in [1.807, 2.05) is 12.1 Å². The first kappa shape index (κ1) is 14.3. The summed E-state index contributed by atoms with van der Waals surface area (Å²) in [7, 11) is 0. The van der Waals surface area contributed by atoms with Crippen LogP contribution in [-0.4, -0.2) is 37.8 Å². The lowest BCUT2D eigenvalue weighted by Gasteiger charge is -2.16. The van der Waals surface area contributed by atoms with Crippen LogP contribution in [0.2, 0.25) is 0 Å². The van der Waals surface area contributed by atoms with Gasteiger partial charge in [-0.25, -0.2) is 0 Å². The van der Waals surface area contributed by atoms with Gasteiger partial charge in [0.1, 0.15) is 12.4 Å². The van der Waals surface area contributed by atoms with Gasteiger partial charge in [-0.05, 0) is 36.6 Å². The van der Waals surface area contributed by atoms with Crippen molar-refractivity contribution in [2.24, 2.45) is 5.92 Å².